The van der Waals surface area contributed by atoms with Gasteiger partial charge in [-0.2, -0.15) is 0 Å². The van der Waals surface area contributed by atoms with Crippen LogP contribution < -0.4 is 5.32 Å². The molecule has 154 valence electrons. The molecule has 0 bridgehead atoms. The third-order valence-corrected chi connectivity index (χ3v) is 5.76. The van der Waals surface area contributed by atoms with Gasteiger partial charge in [-0.1, -0.05) is 97.6 Å². The van der Waals surface area contributed by atoms with E-state index in [0.29, 0.717) is 0 Å². The van der Waals surface area contributed by atoms with Crippen LogP contribution in [0.3, 0.4) is 0 Å². The molecule has 5 rings (SSSR count). The number of hydrogen-bond donors (Lipinski definition) is 1. The molecule has 0 saturated carbocycles. The lowest BCUT2D eigenvalue weighted by molar-refractivity contribution is 1.26. The molecule has 0 fully saturated rings. The first-order valence-electron chi connectivity index (χ1n) is 10.9. The zero-order valence-electron chi connectivity index (χ0n) is 18.0. The Morgan fingerprint density at radius 2 is 1.16 bits per heavy atom. The monoisotopic (exact) mass is 411 g/mol. The van der Waals surface area contributed by atoms with E-state index >= 15 is 0 Å². The third-order valence-electron chi connectivity index (χ3n) is 5.76. The van der Waals surface area contributed by atoms with Crippen LogP contribution in [-0.2, 0) is 6.42 Å². The highest BCUT2D eigenvalue weighted by Crippen LogP contribution is 2.32. The van der Waals surface area contributed by atoms with Crippen molar-refractivity contribution >= 4 is 11.3 Å². The maximum absolute atomic E-state index is 4.27. The highest BCUT2D eigenvalue weighted by atomic mass is 14.9. The van der Waals surface area contributed by atoms with Crippen molar-refractivity contribution < 1.29 is 0 Å². The summed E-state index contributed by atoms with van der Waals surface area (Å²) in [6, 6.07) is 36.4. The normalized spacial score (nSPS) is 15.9. The predicted octanol–water partition coefficient (Wildman–Crippen LogP) is 8.14. The molecule has 0 radical (unpaired) electrons. The second-order valence-corrected chi connectivity index (χ2v) is 8.04. The Bertz CT molecular complexity index is 1250. The lowest BCUT2D eigenvalue weighted by Gasteiger charge is -2.13. The van der Waals surface area contributed by atoms with Crippen molar-refractivity contribution in [1.29, 1.82) is 0 Å². The van der Waals surface area contributed by atoms with Gasteiger partial charge in [0.1, 0.15) is 0 Å². The zero-order valence-corrected chi connectivity index (χ0v) is 18.0. The van der Waals surface area contributed by atoms with E-state index in [9.17, 15) is 0 Å². The van der Waals surface area contributed by atoms with Crippen LogP contribution in [0.1, 0.15) is 11.1 Å². The van der Waals surface area contributed by atoms with E-state index < -0.39 is 0 Å². The minimum absolute atomic E-state index is 0.873. The van der Waals surface area contributed by atoms with Gasteiger partial charge in [-0.3, -0.25) is 0 Å². The van der Waals surface area contributed by atoms with Crippen molar-refractivity contribution in [3.05, 3.63) is 145 Å². The van der Waals surface area contributed by atoms with Crippen LogP contribution in [0, 0.1) is 0 Å². The lowest BCUT2D eigenvalue weighted by atomic mass is 9.92. The number of fused-ring (bicyclic) bond motifs is 1. The molecule has 1 N–H and O–H groups in total. The average Bonchev–Trinajstić information content (AvgIpc) is 2.93. The van der Waals surface area contributed by atoms with Gasteiger partial charge < -0.3 is 5.32 Å². The molecule has 1 aliphatic heterocycles. The summed E-state index contributed by atoms with van der Waals surface area (Å²) in [5.74, 6) is 0. The highest BCUT2D eigenvalue weighted by Gasteiger charge is 2.10. The second-order valence-electron chi connectivity index (χ2n) is 8.04. The van der Waals surface area contributed by atoms with E-state index in [1.807, 2.05) is 0 Å². The summed E-state index contributed by atoms with van der Waals surface area (Å²) in [5, 5.41) is 3.48. The Hall–Kier alpha value is -4.10. The SMILES string of the molecule is C=C1/C=C(c2cc(-c3ccccc3)cc(-c3ccccc3)c2)\C=C/Cc2ccccc2N1. The van der Waals surface area contributed by atoms with E-state index in [0.717, 1.165) is 23.4 Å². The smallest absolute Gasteiger partial charge is 0.0419 e. The lowest BCUT2D eigenvalue weighted by Crippen LogP contribution is -1.98. The molecule has 0 amide bonds. The summed E-state index contributed by atoms with van der Waals surface area (Å²) in [7, 11) is 0. The van der Waals surface area contributed by atoms with Crippen LogP contribution in [0.15, 0.2) is 134 Å². The summed E-state index contributed by atoms with van der Waals surface area (Å²) in [6.07, 6.45) is 7.46. The summed E-state index contributed by atoms with van der Waals surface area (Å²) in [4.78, 5) is 0. The Balaban J connectivity index is 1.63. The van der Waals surface area contributed by atoms with Crippen molar-refractivity contribution in [3.63, 3.8) is 0 Å². The molecule has 0 spiro atoms. The van der Waals surface area contributed by atoms with Crippen LogP contribution in [0.25, 0.3) is 27.8 Å². The quantitative estimate of drug-likeness (QED) is 0.359. The molecule has 1 aliphatic rings. The van der Waals surface area contributed by atoms with Gasteiger partial charge in [-0.05, 0) is 75.7 Å². The van der Waals surface area contributed by atoms with Gasteiger partial charge in [-0.25, -0.2) is 0 Å². The second kappa shape index (κ2) is 8.95. The predicted molar refractivity (Wildman–Crippen MR) is 137 cm³/mol. The Labute approximate surface area is 190 Å². The summed E-state index contributed by atoms with van der Waals surface area (Å²) in [5.41, 5.74) is 10.4. The summed E-state index contributed by atoms with van der Waals surface area (Å²) < 4.78 is 0. The number of nitrogens with one attached hydrogen (secondary N) is 1. The molecule has 4 aromatic rings. The van der Waals surface area contributed by atoms with Crippen LogP contribution in [0.5, 0.6) is 0 Å². The fourth-order valence-corrected chi connectivity index (χ4v) is 4.15. The molecular weight excluding hydrogens is 386 g/mol. The average molecular weight is 412 g/mol. The van der Waals surface area contributed by atoms with E-state index in [1.54, 1.807) is 0 Å². The molecular formula is C31H25N. The van der Waals surface area contributed by atoms with E-state index in [2.05, 4.69) is 133 Å². The van der Waals surface area contributed by atoms with E-state index in [1.165, 1.54) is 33.4 Å². The van der Waals surface area contributed by atoms with E-state index in [-0.39, 0.29) is 0 Å². The molecule has 1 heterocycles. The van der Waals surface area contributed by atoms with E-state index in [4.69, 9.17) is 0 Å². The highest BCUT2D eigenvalue weighted by molar-refractivity contribution is 5.84. The maximum atomic E-state index is 4.27. The molecule has 4 aromatic carbocycles. The first kappa shape index (κ1) is 19.8. The summed E-state index contributed by atoms with van der Waals surface area (Å²) in [6.45, 7) is 4.27. The molecule has 0 saturated heterocycles. The molecule has 32 heavy (non-hydrogen) atoms. The topological polar surface area (TPSA) is 12.0 Å². The van der Waals surface area contributed by atoms with Gasteiger partial charge in [0.2, 0.25) is 0 Å². The minimum atomic E-state index is 0.873. The third kappa shape index (κ3) is 4.33. The van der Waals surface area contributed by atoms with Crippen LogP contribution in [0.4, 0.5) is 5.69 Å². The maximum Gasteiger partial charge on any atom is 0.0419 e. The van der Waals surface area contributed by atoms with Gasteiger partial charge in [0, 0.05) is 11.4 Å². The number of para-hydroxylation sites is 1. The molecule has 1 heteroatoms. The Kier molecular flexibility index (Phi) is 5.55. The van der Waals surface area contributed by atoms with Gasteiger partial charge in [-0.15, -0.1) is 0 Å². The number of allylic oxidation sites excluding steroid dienone is 4. The first-order valence-corrected chi connectivity index (χ1v) is 10.9. The van der Waals surface area contributed by atoms with Gasteiger partial charge in [0.15, 0.2) is 0 Å². The van der Waals surface area contributed by atoms with Crippen LogP contribution in [-0.4, -0.2) is 0 Å². The number of benzene rings is 4. The fourth-order valence-electron chi connectivity index (χ4n) is 4.15. The van der Waals surface area contributed by atoms with Crippen molar-refractivity contribution in [1.82, 2.24) is 0 Å². The Morgan fingerprint density at radius 3 is 1.81 bits per heavy atom. The minimum Gasteiger partial charge on any atom is -0.356 e. The molecule has 0 aromatic heterocycles. The van der Waals surface area contributed by atoms with Crippen LogP contribution >= 0.6 is 0 Å². The van der Waals surface area contributed by atoms with Crippen molar-refractivity contribution in [2.75, 3.05) is 5.32 Å². The standard InChI is InChI=1S/C31H25N/c1-23-19-27(17-10-16-26-15-8-9-18-31(26)32-23)30-21-28(24-11-4-2-5-12-24)20-29(22-30)25-13-6-3-7-14-25/h2-15,17-22,32H,1,16H2/b17-10-,27-19+. The zero-order chi connectivity index (χ0) is 21.8. The number of anilines is 1. The fraction of sp³-hybridized carbons (Fsp3) is 0.0323. The van der Waals surface area contributed by atoms with Crippen LogP contribution in [0.2, 0.25) is 0 Å². The largest absolute Gasteiger partial charge is 0.356 e. The van der Waals surface area contributed by atoms with Gasteiger partial charge >= 0.3 is 0 Å². The van der Waals surface area contributed by atoms with Crippen molar-refractivity contribution in [3.8, 4) is 22.3 Å². The summed E-state index contributed by atoms with van der Waals surface area (Å²) >= 11 is 0. The first-order chi connectivity index (χ1) is 15.8. The molecule has 0 unspecified atom stereocenters. The Morgan fingerprint density at radius 1 is 0.594 bits per heavy atom. The van der Waals surface area contributed by atoms with Gasteiger partial charge in [0.05, 0.1) is 0 Å². The molecule has 1 nitrogen and oxygen atoms in total. The molecule has 0 atom stereocenters. The number of rotatable bonds is 3. The molecule has 0 aliphatic carbocycles. The van der Waals surface area contributed by atoms with Crippen molar-refractivity contribution in [2.24, 2.45) is 0 Å². The van der Waals surface area contributed by atoms with Gasteiger partial charge in [0.25, 0.3) is 0 Å². The van der Waals surface area contributed by atoms with Crippen molar-refractivity contribution in [2.45, 2.75) is 6.42 Å². The number of hydrogen-bond acceptors (Lipinski definition) is 1.